The quantitative estimate of drug-likeness (QED) is 0.0919. The highest BCUT2D eigenvalue weighted by Gasteiger charge is 2.49. The van der Waals surface area contributed by atoms with Crippen LogP contribution in [0.5, 0.6) is 23.0 Å². The van der Waals surface area contributed by atoms with Gasteiger partial charge in [0, 0.05) is 43.0 Å². The second-order valence-electron chi connectivity index (χ2n) is 18.8. The number of ketones is 2. The van der Waals surface area contributed by atoms with Gasteiger partial charge in [-0.1, -0.05) is 65.2 Å². The fraction of sp³-hybridized carbons (Fsp3) is 0.500. The fourth-order valence-electron chi connectivity index (χ4n) is 9.50. The molecule has 0 unspecified atom stereocenters. The molecule has 2 saturated heterocycles. The number of nitrogens with zero attached hydrogens (tertiary/aromatic N) is 2. The van der Waals surface area contributed by atoms with Crippen LogP contribution in [0.15, 0.2) is 97.1 Å². The third-order valence-electron chi connectivity index (χ3n) is 13.6. The third-order valence-corrected chi connectivity index (χ3v) is 14.1. The third kappa shape index (κ3) is 17.8. The van der Waals surface area contributed by atoms with E-state index < -0.39 is 47.0 Å². The minimum Gasteiger partial charge on any atom is -0.493 e. The Kier molecular flexibility index (Phi) is 21.9. The van der Waals surface area contributed by atoms with Gasteiger partial charge in [-0.2, -0.15) is 31.6 Å². The van der Waals surface area contributed by atoms with Gasteiger partial charge in [0.1, 0.15) is 23.0 Å². The Morgan fingerprint density at radius 1 is 0.632 bits per heavy atom. The molecule has 8 rings (SSSR count). The summed E-state index contributed by atoms with van der Waals surface area (Å²) < 4.78 is 171. The molecule has 9 nitrogen and oxygen atoms in total. The van der Waals surface area contributed by atoms with Crippen LogP contribution < -0.4 is 24.3 Å². The van der Waals surface area contributed by atoms with Crippen molar-refractivity contribution in [3.05, 3.63) is 119 Å². The van der Waals surface area contributed by atoms with Crippen molar-refractivity contribution in [2.45, 2.75) is 107 Å². The van der Waals surface area contributed by atoms with E-state index >= 15 is 0 Å². The van der Waals surface area contributed by atoms with Gasteiger partial charge in [-0.3, -0.25) is 14.5 Å². The van der Waals surface area contributed by atoms with Crippen LogP contribution in [0, 0.1) is 23.2 Å². The summed E-state index contributed by atoms with van der Waals surface area (Å²) in [5, 5.41) is 10.7. The maximum absolute atomic E-state index is 13.4. The van der Waals surface area contributed by atoms with E-state index in [0.717, 1.165) is 75.9 Å². The van der Waals surface area contributed by atoms with Crippen molar-refractivity contribution in [3.63, 3.8) is 0 Å². The SMILES string of the molecule is CC#N.FC(F)(F)c1ccc(OC[C@@H]2CCCNC2)cc1.O=C(CBr)C1(c2ccccc2OC(F)(F)F)CCC1.O=C(CN1CCC[C@@H](COc2ccc(C(F)(F)F)cc2)C1)C1(c2ccccc2OC(F)(F)F)CCC1. The maximum atomic E-state index is 13.4. The molecule has 0 bridgehead atoms. The molecule has 416 valence electrons. The maximum Gasteiger partial charge on any atom is 0.573 e. The van der Waals surface area contributed by atoms with E-state index in [1.165, 1.54) is 61.5 Å². The monoisotopic (exact) mass is 1150 g/mol. The summed E-state index contributed by atoms with van der Waals surface area (Å²) in [7, 11) is 0. The van der Waals surface area contributed by atoms with Crippen molar-refractivity contribution >= 4 is 27.5 Å². The van der Waals surface area contributed by atoms with Gasteiger partial charge >= 0.3 is 25.1 Å². The Hall–Kier alpha value is -5.53. The first kappa shape index (κ1) is 61.3. The lowest BCUT2D eigenvalue weighted by Gasteiger charge is -2.43. The minimum atomic E-state index is -4.85. The lowest BCUT2D eigenvalue weighted by molar-refractivity contribution is -0.276. The number of nitrogens with one attached hydrogen (secondary N) is 1. The summed E-state index contributed by atoms with van der Waals surface area (Å²) in [6.07, 6.45) is -10.8. The van der Waals surface area contributed by atoms with E-state index in [2.05, 4.69) is 30.7 Å². The van der Waals surface area contributed by atoms with Crippen LogP contribution in [0.1, 0.15) is 93.4 Å². The van der Waals surface area contributed by atoms with Crippen molar-refractivity contribution in [2.75, 3.05) is 51.3 Å². The van der Waals surface area contributed by atoms with Crippen LogP contribution in [0.4, 0.5) is 52.7 Å². The number of carbonyl (C=O) groups is 2. The zero-order valence-electron chi connectivity index (χ0n) is 41.4. The van der Waals surface area contributed by atoms with Crippen molar-refractivity contribution < 1.29 is 81.2 Å². The number of likely N-dealkylation sites (tertiary alicyclic amines) is 1. The van der Waals surface area contributed by atoms with Crippen LogP contribution in [-0.4, -0.2) is 80.5 Å². The molecule has 2 heterocycles. The number of hydrogen-bond donors (Lipinski definition) is 1. The normalized spacial score (nSPS) is 19.1. The molecule has 2 saturated carbocycles. The van der Waals surface area contributed by atoms with E-state index in [1.54, 1.807) is 24.3 Å². The first-order valence-electron chi connectivity index (χ1n) is 24.5. The summed E-state index contributed by atoms with van der Waals surface area (Å²) in [4.78, 5) is 27.5. The first-order valence-corrected chi connectivity index (χ1v) is 25.6. The zero-order valence-corrected chi connectivity index (χ0v) is 43.0. The lowest BCUT2D eigenvalue weighted by atomic mass is 9.61. The number of piperidine rings is 2. The van der Waals surface area contributed by atoms with Crippen molar-refractivity contribution in [2.24, 2.45) is 11.8 Å². The van der Waals surface area contributed by atoms with Gasteiger partial charge in [0.15, 0.2) is 11.6 Å². The predicted molar refractivity (Wildman–Crippen MR) is 261 cm³/mol. The summed E-state index contributed by atoms with van der Waals surface area (Å²) in [6, 6.07) is 22.8. The van der Waals surface area contributed by atoms with E-state index in [4.69, 9.17) is 14.7 Å². The molecule has 1 N–H and O–H groups in total. The number of carbonyl (C=O) groups excluding carboxylic acids is 2. The highest BCUT2D eigenvalue weighted by molar-refractivity contribution is 9.09. The van der Waals surface area contributed by atoms with Crippen LogP contribution in [0.2, 0.25) is 0 Å². The van der Waals surface area contributed by atoms with Crippen molar-refractivity contribution in [1.29, 1.82) is 5.26 Å². The van der Waals surface area contributed by atoms with Gasteiger partial charge in [-0.05, 0) is 125 Å². The minimum absolute atomic E-state index is 0.0760. The smallest absolute Gasteiger partial charge is 0.493 e. The standard InChI is InChI=1S/C26H27F6NO3.C13H12BrF3O2.C13H16F3NO.C2H3N/c27-25(28,29)19-8-10-20(11-9-19)35-17-18-5-3-14-33(15-18)16-23(34)24(12-4-13-24)21-6-1-2-7-22(21)36-26(30,31)32;14-8-11(18)12(6-3-7-12)9-4-1-2-5-10(9)19-13(15,16)17;14-13(15,16)11-3-5-12(6-4-11)18-9-10-2-1-7-17-8-10;1-2-3/h1-2,6-11,18H,3-5,12-17H2;1-2,4-5H,3,6-8H2;3-6,10,17H,1-2,7-9H2;1H3/t18-;;10-;/m1.1./s1. The largest absolute Gasteiger partial charge is 0.573 e. The van der Waals surface area contributed by atoms with Crippen LogP contribution in [0.25, 0.3) is 0 Å². The molecule has 0 radical (unpaired) electrons. The van der Waals surface area contributed by atoms with Gasteiger partial charge in [-0.25, -0.2) is 0 Å². The number of para-hydroxylation sites is 2. The summed E-state index contributed by atoms with van der Waals surface area (Å²) >= 11 is 3.10. The van der Waals surface area contributed by atoms with Crippen LogP contribution >= 0.6 is 15.9 Å². The second kappa shape index (κ2) is 27.2. The Bertz CT molecular complexity index is 2500. The summed E-state index contributed by atoms with van der Waals surface area (Å²) in [5.74, 6) is 0.518. The molecule has 22 heteroatoms. The molecule has 0 spiro atoms. The predicted octanol–water partition coefficient (Wildman–Crippen LogP) is 14.0. The summed E-state index contributed by atoms with van der Waals surface area (Å²) in [5.41, 5.74) is -2.60. The fourth-order valence-corrected chi connectivity index (χ4v) is 10.0. The Morgan fingerprint density at radius 3 is 1.43 bits per heavy atom. The molecule has 4 aliphatic rings. The average molecular weight is 1150 g/mol. The van der Waals surface area contributed by atoms with Crippen LogP contribution in [-0.2, 0) is 32.8 Å². The van der Waals surface area contributed by atoms with E-state index in [0.29, 0.717) is 75.0 Å². The molecule has 2 atom stereocenters. The van der Waals surface area contributed by atoms with Gasteiger partial charge in [-0.15, -0.1) is 26.3 Å². The number of hydrogen-bond acceptors (Lipinski definition) is 9. The number of benzene rings is 4. The van der Waals surface area contributed by atoms with E-state index in [1.807, 2.05) is 4.90 Å². The van der Waals surface area contributed by atoms with Crippen molar-refractivity contribution in [1.82, 2.24) is 10.2 Å². The molecule has 4 aromatic rings. The van der Waals surface area contributed by atoms with Crippen molar-refractivity contribution in [3.8, 4) is 29.1 Å². The molecule has 4 fully saturated rings. The topological polar surface area (TPSA) is 110 Å². The molecule has 2 aliphatic heterocycles. The molecule has 0 aromatic heterocycles. The number of Topliss-reactive ketones (excluding diaryl/α,β-unsaturated/α-hetero) is 2. The average Bonchev–Trinajstić information content (AvgIpc) is 3.33. The lowest BCUT2D eigenvalue weighted by Crippen LogP contribution is -2.50. The van der Waals surface area contributed by atoms with Gasteiger partial charge in [0.2, 0.25) is 0 Å². The Morgan fingerprint density at radius 2 is 1.05 bits per heavy atom. The number of nitriles is 1. The molecule has 0 amide bonds. The van der Waals surface area contributed by atoms with Crippen LogP contribution in [0.3, 0.4) is 0 Å². The number of ether oxygens (including phenoxy) is 4. The number of alkyl halides is 13. The summed E-state index contributed by atoms with van der Waals surface area (Å²) in [6.45, 7) is 5.58. The zero-order chi connectivity index (χ0) is 55.8. The molecular formula is C54H58BrF12N3O6. The Labute approximate surface area is 441 Å². The van der Waals surface area contributed by atoms with E-state index in [9.17, 15) is 62.3 Å². The van der Waals surface area contributed by atoms with E-state index in [-0.39, 0.29) is 46.4 Å². The Balaban J connectivity index is 0.000000224. The number of rotatable bonds is 15. The highest BCUT2D eigenvalue weighted by atomic mass is 79.9. The molecule has 4 aromatic carbocycles. The van der Waals surface area contributed by atoms with Gasteiger partial charge in [0.25, 0.3) is 0 Å². The van der Waals surface area contributed by atoms with Gasteiger partial charge < -0.3 is 24.3 Å². The molecule has 76 heavy (non-hydrogen) atoms. The second-order valence-corrected chi connectivity index (χ2v) is 19.3. The highest BCUT2D eigenvalue weighted by Crippen LogP contribution is 2.50. The first-order chi connectivity index (χ1) is 35.8. The molecular weight excluding hydrogens is 1090 g/mol. The number of halogens is 13. The van der Waals surface area contributed by atoms with Gasteiger partial charge in [0.05, 0.1) is 53.1 Å². The molecule has 2 aliphatic carbocycles.